The molecule has 0 unspecified atom stereocenters. The van der Waals surface area contributed by atoms with E-state index in [-0.39, 0.29) is 23.1 Å². The fourth-order valence-corrected chi connectivity index (χ4v) is 9.63. The van der Waals surface area contributed by atoms with Gasteiger partial charge in [0.15, 0.2) is 10.1 Å². The number of aromatic nitrogens is 6. The van der Waals surface area contributed by atoms with Gasteiger partial charge in [0.1, 0.15) is 31.4 Å². The zero-order valence-corrected chi connectivity index (χ0v) is 34.1. The lowest BCUT2D eigenvalue weighted by Crippen LogP contribution is -2.35. The fourth-order valence-electron chi connectivity index (χ4n) is 8.31. The molecule has 0 bridgehead atoms. The molecule has 18 nitrogen and oxygen atoms in total. The summed E-state index contributed by atoms with van der Waals surface area (Å²) >= 11 is 0. The number of fused-ring (bicyclic) bond motifs is 4. The van der Waals surface area contributed by atoms with Gasteiger partial charge >= 0.3 is 6.03 Å². The Bertz CT molecular complexity index is 2720. The van der Waals surface area contributed by atoms with Gasteiger partial charge in [0.25, 0.3) is 26.3 Å². The molecule has 4 aromatic heterocycles. The smallest absolute Gasteiger partial charge is 0.333 e. The Morgan fingerprint density at radius 3 is 1.65 bits per heavy atom. The summed E-state index contributed by atoms with van der Waals surface area (Å²) in [4.78, 5) is 20.5. The number of nitrogens with zero attached hydrogens (tertiary/aromatic N) is 7. The van der Waals surface area contributed by atoms with Crippen LogP contribution in [0.5, 0.6) is 5.75 Å². The van der Waals surface area contributed by atoms with Crippen molar-refractivity contribution < 1.29 is 35.2 Å². The molecule has 0 saturated carbocycles. The second-order valence-corrected chi connectivity index (χ2v) is 17.9. The number of anilines is 1. The SMILES string of the molecule is N#COc1c2c(cc3c1CCC3)CCC2.NS(=O)(=O)c1ccn(Cc2ncco2)n1.O=C(Nc1c2c(cc3c1CCC3)CCC2)NS(=O)(=O)c1ccn(Cc2ncco2)n1. The van der Waals surface area contributed by atoms with Gasteiger partial charge in [-0.25, -0.2) is 33.0 Å². The van der Waals surface area contributed by atoms with Gasteiger partial charge in [-0.15, -0.1) is 5.26 Å². The van der Waals surface area contributed by atoms with Crippen molar-refractivity contribution in [1.29, 1.82) is 5.26 Å². The summed E-state index contributed by atoms with van der Waals surface area (Å²) in [6.45, 7) is 0.458. The molecule has 4 aliphatic carbocycles. The van der Waals surface area contributed by atoms with Crippen LogP contribution in [0.4, 0.5) is 10.5 Å². The predicted octanol–water partition coefficient (Wildman–Crippen LogP) is 4.50. The number of rotatable bonds is 9. The number of hydrogen-bond acceptors (Lipinski definition) is 13. The highest BCUT2D eigenvalue weighted by atomic mass is 32.2. The van der Waals surface area contributed by atoms with Crippen molar-refractivity contribution >= 4 is 31.8 Å². The molecule has 0 atom stereocenters. The molecular weight excluding hydrogens is 813 g/mol. The molecule has 6 aromatic rings. The lowest BCUT2D eigenvalue weighted by molar-refractivity contribution is 0.256. The molecule has 4 aliphatic rings. The molecule has 4 heterocycles. The number of benzene rings is 2. The van der Waals surface area contributed by atoms with Crippen molar-refractivity contribution in [1.82, 2.24) is 34.3 Å². The van der Waals surface area contributed by atoms with Gasteiger partial charge in [0, 0.05) is 18.1 Å². The Hall–Kier alpha value is -6.30. The van der Waals surface area contributed by atoms with E-state index < -0.39 is 26.1 Å². The average molecular weight is 855 g/mol. The van der Waals surface area contributed by atoms with Crippen LogP contribution in [0.25, 0.3) is 0 Å². The van der Waals surface area contributed by atoms with Crippen molar-refractivity contribution in [2.45, 2.75) is 100 Å². The molecular formula is C40H42N10O8S2. The molecule has 4 N–H and O–H groups in total. The number of nitrogens with one attached hydrogen (secondary N) is 2. The van der Waals surface area contributed by atoms with Crippen LogP contribution in [-0.2, 0) is 84.5 Å². The highest BCUT2D eigenvalue weighted by Crippen LogP contribution is 2.40. The number of aryl methyl sites for hydroxylation is 4. The van der Waals surface area contributed by atoms with Crippen molar-refractivity contribution in [2.24, 2.45) is 5.14 Å². The summed E-state index contributed by atoms with van der Waals surface area (Å²) in [6.07, 6.45) is 23.5. The Morgan fingerprint density at radius 2 is 1.20 bits per heavy atom. The number of oxazole rings is 2. The number of nitriles is 1. The number of sulfonamides is 2. The van der Waals surface area contributed by atoms with Gasteiger partial charge in [-0.1, -0.05) is 12.1 Å². The normalized spacial score (nSPS) is 14.7. The third kappa shape index (κ3) is 8.97. The summed E-state index contributed by atoms with van der Waals surface area (Å²) in [6, 6.07) is 6.47. The second kappa shape index (κ2) is 17.1. The van der Waals surface area contributed by atoms with Crippen molar-refractivity contribution in [3.63, 3.8) is 0 Å². The molecule has 0 aliphatic heterocycles. The van der Waals surface area contributed by atoms with Crippen LogP contribution >= 0.6 is 0 Å². The maximum absolute atomic E-state index is 12.6. The third-order valence-corrected chi connectivity index (χ3v) is 12.9. The van der Waals surface area contributed by atoms with Gasteiger partial charge in [-0.2, -0.15) is 18.6 Å². The van der Waals surface area contributed by atoms with Crippen LogP contribution in [-0.4, -0.2) is 52.4 Å². The number of hydrogen-bond donors (Lipinski definition) is 3. The van der Waals surface area contributed by atoms with Crippen LogP contribution < -0.4 is 19.9 Å². The van der Waals surface area contributed by atoms with E-state index in [0.29, 0.717) is 11.8 Å². The Balaban J connectivity index is 0.000000139. The summed E-state index contributed by atoms with van der Waals surface area (Å²) in [5.74, 6) is 1.75. The molecule has 0 saturated heterocycles. The molecule has 10 rings (SSSR count). The Labute approximate surface area is 345 Å². The highest BCUT2D eigenvalue weighted by Gasteiger charge is 2.28. The van der Waals surface area contributed by atoms with E-state index >= 15 is 0 Å². The number of urea groups is 1. The lowest BCUT2D eigenvalue weighted by Gasteiger charge is -2.16. The first-order valence-corrected chi connectivity index (χ1v) is 22.6. The van der Waals surface area contributed by atoms with E-state index in [1.165, 1.54) is 105 Å². The molecule has 0 spiro atoms. The number of carbonyl (C=O) groups is 1. The van der Waals surface area contributed by atoms with Gasteiger partial charge in [-0.3, -0.25) is 9.36 Å². The van der Waals surface area contributed by atoms with Crippen molar-refractivity contribution in [3.8, 4) is 12.0 Å². The first-order valence-electron chi connectivity index (χ1n) is 19.5. The minimum absolute atomic E-state index is 0.172. The summed E-state index contributed by atoms with van der Waals surface area (Å²) in [5.41, 5.74) is 11.0. The highest BCUT2D eigenvalue weighted by molar-refractivity contribution is 7.90. The van der Waals surface area contributed by atoms with Crippen LogP contribution in [0.1, 0.15) is 82.0 Å². The van der Waals surface area contributed by atoms with E-state index in [1.807, 2.05) is 6.26 Å². The van der Waals surface area contributed by atoms with E-state index in [0.717, 1.165) is 86.8 Å². The van der Waals surface area contributed by atoms with Crippen LogP contribution in [0.3, 0.4) is 0 Å². The standard InChI is InChI=1S/C20H21N5O4S.C13H13NO.C7H8N4O3S/c26-20(22-19-15-5-1-3-13(15)11-14-4-2-6-16(14)19)24-30(27,28)18-7-9-25(23-18)12-17-21-8-10-29-17;14-8-15-13-11-5-1-3-9(11)7-10-4-2-6-12(10)13;8-15(12,13)7-1-3-11(10-7)5-6-9-2-4-14-6/h7-11H,1-6,12H2,(H2,22,24,26);7H,1-6H2;1-4H,5H2,(H2,8,12,13). The number of primary sulfonamides is 1. The summed E-state index contributed by atoms with van der Waals surface area (Å²) in [7, 11) is -7.85. The van der Waals surface area contributed by atoms with Gasteiger partial charge in [0.05, 0.1) is 12.4 Å². The first kappa shape index (κ1) is 40.5. The Kier molecular flexibility index (Phi) is 11.6. The quantitative estimate of drug-likeness (QED) is 0.170. The zero-order chi connectivity index (χ0) is 41.9. The summed E-state index contributed by atoms with van der Waals surface area (Å²) < 4.78 is 67.2. The number of amides is 2. The molecule has 20 heteroatoms. The lowest BCUT2D eigenvalue weighted by atomic mass is 9.99. The molecule has 2 amide bonds. The van der Waals surface area contributed by atoms with Gasteiger partial charge in [-0.05, 0) is 134 Å². The monoisotopic (exact) mass is 854 g/mol. The third-order valence-electron chi connectivity index (χ3n) is 10.9. The maximum atomic E-state index is 12.6. The fraction of sp³-hybridized carbons (Fsp3) is 0.350. The second-order valence-electron chi connectivity index (χ2n) is 14.8. The van der Waals surface area contributed by atoms with Gasteiger partial charge < -0.3 is 18.9 Å². The molecule has 60 heavy (non-hydrogen) atoms. The molecule has 2 aromatic carbocycles. The zero-order valence-electron chi connectivity index (χ0n) is 32.5. The predicted molar refractivity (Wildman–Crippen MR) is 214 cm³/mol. The van der Waals surface area contributed by atoms with Crippen LogP contribution in [0.2, 0.25) is 0 Å². The molecule has 0 radical (unpaired) electrons. The Morgan fingerprint density at radius 1 is 0.733 bits per heavy atom. The minimum Gasteiger partial charge on any atom is -0.447 e. The first-order chi connectivity index (χ1) is 28.9. The van der Waals surface area contributed by atoms with E-state index in [2.05, 4.69) is 42.3 Å². The summed E-state index contributed by atoms with van der Waals surface area (Å²) in [5, 5.41) is 23.8. The topological polar surface area (TPSA) is 256 Å². The number of carbonyl (C=O) groups excluding carboxylic acids is 1. The van der Waals surface area contributed by atoms with Crippen LogP contribution in [0.15, 0.2) is 80.5 Å². The number of nitrogens with two attached hydrogens (primary N) is 1. The molecule has 0 fully saturated rings. The van der Waals surface area contributed by atoms with E-state index in [4.69, 9.17) is 24.0 Å². The van der Waals surface area contributed by atoms with Crippen molar-refractivity contribution in [2.75, 3.05) is 5.32 Å². The van der Waals surface area contributed by atoms with Crippen molar-refractivity contribution in [3.05, 3.63) is 118 Å². The van der Waals surface area contributed by atoms with Crippen LogP contribution in [0, 0.1) is 11.5 Å². The minimum atomic E-state index is -4.11. The average Bonchev–Trinajstić information content (AvgIpc) is 4.05. The largest absolute Gasteiger partial charge is 0.447 e. The maximum Gasteiger partial charge on any atom is 0.333 e. The van der Waals surface area contributed by atoms with E-state index in [9.17, 15) is 21.6 Å². The van der Waals surface area contributed by atoms with Gasteiger partial charge in [0.2, 0.25) is 11.8 Å². The van der Waals surface area contributed by atoms with E-state index in [1.54, 1.807) is 0 Å². The number of ether oxygens (including phenoxy) is 1. The molecule has 312 valence electrons.